The van der Waals surface area contributed by atoms with E-state index in [1.807, 2.05) is 0 Å². The van der Waals surface area contributed by atoms with Crippen molar-refractivity contribution >= 4 is 0 Å². The maximum absolute atomic E-state index is 2.46. The summed E-state index contributed by atoms with van der Waals surface area (Å²) in [4.78, 5) is 2.46. The number of hydrogen-bond donors (Lipinski definition) is 0. The fraction of sp³-hybridized carbons (Fsp3) is 0.538. The van der Waals surface area contributed by atoms with Crippen LogP contribution in [0.5, 0.6) is 0 Å². The minimum absolute atomic E-state index is 0.188. The summed E-state index contributed by atoms with van der Waals surface area (Å²) >= 11 is 0. The van der Waals surface area contributed by atoms with Crippen molar-refractivity contribution in [1.29, 1.82) is 0 Å². The zero-order valence-corrected chi connectivity index (χ0v) is 9.38. The summed E-state index contributed by atoms with van der Waals surface area (Å²) < 4.78 is 0. The van der Waals surface area contributed by atoms with E-state index < -0.39 is 0 Å². The molecule has 1 nitrogen and oxygen atoms in total. The maximum atomic E-state index is 2.46. The zero-order valence-electron chi connectivity index (χ0n) is 9.38. The number of rotatable bonds is 0. The fourth-order valence-corrected chi connectivity index (χ4v) is 2.33. The van der Waals surface area contributed by atoms with Crippen molar-refractivity contribution in [3.63, 3.8) is 0 Å². The average Bonchev–Trinajstić information content (AvgIpc) is 2.27. The second kappa shape index (κ2) is 3.39. The summed E-state index contributed by atoms with van der Waals surface area (Å²) in [5.41, 5.74) is 3.22. The number of hydrogen-bond acceptors (Lipinski definition) is 1. The van der Waals surface area contributed by atoms with Crippen molar-refractivity contribution in [2.24, 2.45) is 0 Å². The van der Waals surface area contributed by atoms with Crippen LogP contribution in [-0.2, 0) is 12.0 Å². The van der Waals surface area contributed by atoms with Gasteiger partial charge in [-0.2, -0.15) is 0 Å². The molecule has 0 amide bonds. The predicted octanol–water partition coefficient (Wildman–Crippen LogP) is 2.80. The molecule has 0 aromatic heterocycles. The summed E-state index contributed by atoms with van der Waals surface area (Å²) in [6.07, 6.45) is 2.50. The zero-order chi connectivity index (χ0) is 10.2. The SMILES string of the molecule is CN1CCCc2ccccc2C1(C)C. The predicted molar refractivity (Wildman–Crippen MR) is 60.4 cm³/mol. The van der Waals surface area contributed by atoms with E-state index in [-0.39, 0.29) is 5.54 Å². The lowest BCUT2D eigenvalue weighted by atomic mass is 9.89. The molecule has 0 N–H and O–H groups in total. The molecule has 0 radical (unpaired) electrons. The van der Waals surface area contributed by atoms with Crippen LogP contribution in [0.3, 0.4) is 0 Å². The Kier molecular flexibility index (Phi) is 2.36. The lowest BCUT2D eigenvalue weighted by Crippen LogP contribution is -2.38. The van der Waals surface area contributed by atoms with Crippen LogP contribution in [0, 0.1) is 0 Å². The third-order valence-electron chi connectivity index (χ3n) is 3.57. The topological polar surface area (TPSA) is 3.24 Å². The van der Waals surface area contributed by atoms with Gasteiger partial charge in [-0.25, -0.2) is 0 Å². The first kappa shape index (κ1) is 9.72. The molecule has 0 unspecified atom stereocenters. The van der Waals surface area contributed by atoms with Crippen LogP contribution in [0.25, 0.3) is 0 Å². The van der Waals surface area contributed by atoms with E-state index >= 15 is 0 Å². The Morgan fingerprint density at radius 3 is 2.71 bits per heavy atom. The van der Waals surface area contributed by atoms with Gasteiger partial charge in [0.05, 0.1) is 0 Å². The van der Waals surface area contributed by atoms with E-state index in [1.54, 1.807) is 0 Å². The molecular weight excluding hydrogens is 170 g/mol. The van der Waals surface area contributed by atoms with Crippen LogP contribution in [0.15, 0.2) is 24.3 Å². The molecule has 1 aromatic rings. The van der Waals surface area contributed by atoms with Gasteiger partial charge in [0, 0.05) is 5.54 Å². The average molecular weight is 189 g/mol. The van der Waals surface area contributed by atoms with E-state index in [1.165, 1.54) is 30.5 Å². The molecule has 0 aliphatic carbocycles. The van der Waals surface area contributed by atoms with Gasteiger partial charge in [0.15, 0.2) is 0 Å². The highest BCUT2D eigenvalue weighted by Crippen LogP contribution is 2.32. The molecule has 1 heterocycles. The van der Waals surface area contributed by atoms with Gasteiger partial charge in [-0.05, 0) is 51.4 Å². The highest BCUT2D eigenvalue weighted by molar-refractivity contribution is 5.33. The molecule has 0 fully saturated rings. The van der Waals surface area contributed by atoms with Crippen LogP contribution in [0.2, 0.25) is 0 Å². The van der Waals surface area contributed by atoms with Gasteiger partial charge < -0.3 is 0 Å². The first-order chi connectivity index (χ1) is 6.62. The summed E-state index contributed by atoms with van der Waals surface area (Å²) in [6.45, 7) is 5.83. The van der Waals surface area contributed by atoms with Gasteiger partial charge in [0.2, 0.25) is 0 Å². The Labute approximate surface area is 86.7 Å². The molecule has 0 saturated heterocycles. The normalized spacial score (nSPS) is 21.4. The molecule has 0 spiro atoms. The third-order valence-corrected chi connectivity index (χ3v) is 3.57. The molecule has 76 valence electrons. The van der Waals surface area contributed by atoms with Gasteiger partial charge in [0.25, 0.3) is 0 Å². The van der Waals surface area contributed by atoms with Gasteiger partial charge >= 0.3 is 0 Å². The lowest BCUT2D eigenvalue weighted by Gasteiger charge is -2.35. The summed E-state index contributed by atoms with van der Waals surface area (Å²) in [6, 6.07) is 8.85. The number of nitrogens with zero attached hydrogens (tertiary/aromatic N) is 1. The van der Waals surface area contributed by atoms with Crippen molar-refractivity contribution in [2.45, 2.75) is 32.2 Å². The van der Waals surface area contributed by atoms with Crippen LogP contribution < -0.4 is 0 Å². The highest BCUT2D eigenvalue weighted by atomic mass is 15.2. The van der Waals surface area contributed by atoms with E-state index in [0.29, 0.717) is 0 Å². The Hall–Kier alpha value is -0.820. The van der Waals surface area contributed by atoms with E-state index in [0.717, 1.165) is 0 Å². The van der Waals surface area contributed by atoms with Crippen molar-refractivity contribution in [2.75, 3.05) is 13.6 Å². The smallest absolute Gasteiger partial charge is 0.0404 e. The Morgan fingerprint density at radius 1 is 1.21 bits per heavy atom. The number of aryl methyl sites for hydroxylation is 1. The van der Waals surface area contributed by atoms with Crippen molar-refractivity contribution < 1.29 is 0 Å². The Balaban J connectivity index is 2.51. The highest BCUT2D eigenvalue weighted by Gasteiger charge is 2.29. The summed E-state index contributed by atoms with van der Waals surface area (Å²) in [7, 11) is 2.22. The molecule has 1 heteroatoms. The first-order valence-electron chi connectivity index (χ1n) is 5.42. The number of fused-ring (bicyclic) bond motifs is 1. The summed E-state index contributed by atoms with van der Waals surface area (Å²) in [5.74, 6) is 0. The monoisotopic (exact) mass is 189 g/mol. The second-order valence-corrected chi connectivity index (χ2v) is 4.74. The molecule has 14 heavy (non-hydrogen) atoms. The molecule has 1 aliphatic heterocycles. The van der Waals surface area contributed by atoms with Gasteiger partial charge in [-0.1, -0.05) is 24.3 Å². The molecular formula is C13H19N. The Morgan fingerprint density at radius 2 is 1.93 bits per heavy atom. The third kappa shape index (κ3) is 1.46. The fourth-order valence-electron chi connectivity index (χ4n) is 2.33. The molecule has 2 rings (SSSR count). The van der Waals surface area contributed by atoms with Crippen LogP contribution >= 0.6 is 0 Å². The molecule has 0 saturated carbocycles. The quantitative estimate of drug-likeness (QED) is 0.606. The number of benzene rings is 1. The van der Waals surface area contributed by atoms with E-state index in [2.05, 4.69) is 50.1 Å². The minimum atomic E-state index is 0.188. The van der Waals surface area contributed by atoms with Crippen LogP contribution in [0.1, 0.15) is 31.4 Å². The molecule has 0 bridgehead atoms. The first-order valence-corrected chi connectivity index (χ1v) is 5.42. The lowest BCUT2D eigenvalue weighted by molar-refractivity contribution is 0.162. The van der Waals surface area contributed by atoms with Gasteiger partial charge in [-0.3, -0.25) is 4.90 Å². The van der Waals surface area contributed by atoms with Gasteiger partial charge in [0.1, 0.15) is 0 Å². The van der Waals surface area contributed by atoms with Crippen molar-refractivity contribution in [3.8, 4) is 0 Å². The van der Waals surface area contributed by atoms with Gasteiger partial charge in [-0.15, -0.1) is 0 Å². The molecule has 0 atom stereocenters. The van der Waals surface area contributed by atoms with Crippen molar-refractivity contribution in [3.05, 3.63) is 35.4 Å². The standard InChI is InChI=1S/C13H19N/c1-13(2)12-9-5-4-7-11(12)8-6-10-14(13)3/h4-5,7,9H,6,8,10H2,1-3H3. The largest absolute Gasteiger partial charge is 0.297 e. The maximum Gasteiger partial charge on any atom is 0.0404 e. The van der Waals surface area contributed by atoms with E-state index in [9.17, 15) is 0 Å². The minimum Gasteiger partial charge on any atom is -0.297 e. The molecule has 1 aromatic carbocycles. The van der Waals surface area contributed by atoms with Crippen LogP contribution in [-0.4, -0.2) is 18.5 Å². The van der Waals surface area contributed by atoms with E-state index in [4.69, 9.17) is 0 Å². The summed E-state index contributed by atoms with van der Waals surface area (Å²) in [5, 5.41) is 0. The van der Waals surface area contributed by atoms with Crippen LogP contribution in [0.4, 0.5) is 0 Å². The van der Waals surface area contributed by atoms with Crippen molar-refractivity contribution in [1.82, 2.24) is 4.90 Å². The second-order valence-electron chi connectivity index (χ2n) is 4.74. The Bertz CT molecular complexity index is 328. The molecule has 1 aliphatic rings.